The number of piperidine rings is 1. The van der Waals surface area contributed by atoms with Crippen LogP contribution in [-0.2, 0) is 16.1 Å². The number of ether oxygens (including phenoxy) is 1. The van der Waals surface area contributed by atoms with E-state index in [2.05, 4.69) is 10.3 Å². The first-order valence-corrected chi connectivity index (χ1v) is 10.2. The average molecular weight is 413 g/mol. The molecule has 160 valence electrons. The summed E-state index contributed by atoms with van der Waals surface area (Å²) in [6.45, 7) is 7.22. The van der Waals surface area contributed by atoms with Gasteiger partial charge in [-0.15, -0.1) is 0 Å². The van der Waals surface area contributed by atoms with E-state index in [1.54, 1.807) is 17.2 Å². The Kier molecular flexibility index (Phi) is 6.70. The van der Waals surface area contributed by atoms with Crippen molar-refractivity contribution >= 4 is 11.8 Å². The number of hydrogen-bond donors (Lipinski definition) is 1. The molecular weight excluding hydrogens is 385 g/mol. The van der Waals surface area contributed by atoms with Gasteiger partial charge in [0, 0.05) is 37.3 Å². The minimum absolute atomic E-state index is 0.0481. The highest BCUT2D eigenvalue weighted by Crippen LogP contribution is 2.24. The maximum atomic E-state index is 13.0. The van der Waals surface area contributed by atoms with Crippen LogP contribution in [0, 0.1) is 17.2 Å². The van der Waals surface area contributed by atoms with Crippen LogP contribution < -0.4 is 10.1 Å². The fraction of sp³-hybridized carbons (Fsp3) is 0.435. The predicted molar refractivity (Wildman–Crippen MR) is 111 cm³/mol. The third-order valence-electron chi connectivity index (χ3n) is 5.02. The molecule has 1 atom stereocenters. The minimum Gasteiger partial charge on any atom is -0.439 e. The summed E-state index contributed by atoms with van der Waals surface area (Å²) in [5.74, 6) is 0.398. The largest absolute Gasteiger partial charge is 0.439 e. The molecule has 1 saturated heterocycles. The summed E-state index contributed by atoms with van der Waals surface area (Å²) in [5.41, 5.74) is 0.398. The molecule has 0 bridgehead atoms. The van der Waals surface area contributed by atoms with Crippen molar-refractivity contribution in [3.63, 3.8) is 0 Å². The molecule has 1 unspecified atom stereocenters. The molecule has 1 aliphatic heterocycles. The van der Waals surface area contributed by atoms with Crippen molar-refractivity contribution in [1.82, 2.24) is 15.2 Å². The molecule has 2 heterocycles. The van der Waals surface area contributed by atoms with Crippen LogP contribution >= 0.6 is 0 Å². The van der Waals surface area contributed by atoms with Gasteiger partial charge in [0.05, 0.1) is 5.92 Å². The van der Waals surface area contributed by atoms with Crippen LogP contribution in [0.3, 0.4) is 0 Å². The highest BCUT2D eigenvalue weighted by molar-refractivity contribution is 5.83. The molecule has 0 saturated carbocycles. The van der Waals surface area contributed by atoms with Gasteiger partial charge in [0.2, 0.25) is 17.7 Å². The van der Waals surface area contributed by atoms with Crippen LogP contribution in [0.25, 0.3) is 0 Å². The highest BCUT2D eigenvalue weighted by atomic mass is 19.1. The van der Waals surface area contributed by atoms with E-state index in [-0.39, 0.29) is 23.5 Å². The third-order valence-corrected chi connectivity index (χ3v) is 5.02. The standard InChI is InChI=1S/C23H28FN3O3/c1-23(2,3)22(29)27-12-4-5-17(15-27)21(28)26-14-16-6-11-20(25-13-16)30-19-9-7-18(24)8-10-19/h6-11,13,17H,4-5,12,14-15H2,1-3H3,(H,26,28). The first-order valence-electron chi connectivity index (χ1n) is 10.2. The first kappa shape index (κ1) is 21.7. The number of nitrogens with one attached hydrogen (secondary N) is 1. The Morgan fingerprint density at radius 1 is 1.20 bits per heavy atom. The molecule has 1 fully saturated rings. The number of likely N-dealkylation sites (tertiary alicyclic amines) is 1. The fourth-order valence-corrected chi connectivity index (χ4v) is 3.38. The Balaban J connectivity index is 1.50. The lowest BCUT2D eigenvalue weighted by atomic mass is 9.91. The van der Waals surface area contributed by atoms with Crippen molar-refractivity contribution in [2.75, 3.05) is 13.1 Å². The Bertz CT molecular complexity index is 876. The summed E-state index contributed by atoms with van der Waals surface area (Å²) >= 11 is 0. The molecule has 2 amide bonds. The molecule has 1 aliphatic rings. The van der Waals surface area contributed by atoms with Gasteiger partial charge in [0.25, 0.3) is 0 Å². The van der Waals surface area contributed by atoms with E-state index < -0.39 is 5.41 Å². The molecule has 0 aliphatic carbocycles. The highest BCUT2D eigenvalue weighted by Gasteiger charge is 2.33. The zero-order chi connectivity index (χ0) is 21.7. The first-order chi connectivity index (χ1) is 14.2. The van der Waals surface area contributed by atoms with Gasteiger partial charge >= 0.3 is 0 Å². The molecule has 1 N–H and O–H groups in total. The summed E-state index contributed by atoms with van der Waals surface area (Å²) in [6.07, 6.45) is 3.24. The molecule has 30 heavy (non-hydrogen) atoms. The number of amides is 2. The second kappa shape index (κ2) is 9.24. The van der Waals surface area contributed by atoms with E-state index in [0.717, 1.165) is 18.4 Å². The van der Waals surface area contributed by atoms with Gasteiger partial charge in [-0.3, -0.25) is 9.59 Å². The summed E-state index contributed by atoms with van der Waals surface area (Å²) in [7, 11) is 0. The van der Waals surface area contributed by atoms with Crippen LogP contribution in [0.2, 0.25) is 0 Å². The van der Waals surface area contributed by atoms with E-state index in [1.807, 2.05) is 26.8 Å². The topological polar surface area (TPSA) is 71.5 Å². The monoisotopic (exact) mass is 413 g/mol. The maximum absolute atomic E-state index is 13.0. The number of pyridine rings is 1. The summed E-state index contributed by atoms with van der Waals surface area (Å²) < 4.78 is 18.5. The van der Waals surface area contributed by atoms with E-state index in [0.29, 0.717) is 31.3 Å². The third kappa shape index (κ3) is 5.78. The van der Waals surface area contributed by atoms with Crippen molar-refractivity contribution in [2.24, 2.45) is 11.3 Å². The van der Waals surface area contributed by atoms with Crippen molar-refractivity contribution < 1.29 is 18.7 Å². The van der Waals surface area contributed by atoms with E-state index in [4.69, 9.17) is 4.74 Å². The summed E-state index contributed by atoms with van der Waals surface area (Å²) in [6, 6.07) is 9.23. The lowest BCUT2D eigenvalue weighted by Gasteiger charge is -2.35. The van der Waals surface area contributed by atoms with Gasteiger partial charge < -0.3 is 15.0 Å². The number of carbonyl (C=O) groups excluding carboxylic acids is 2. The van der Waals surface area contributed by atoms with Crippen molar-refractivity contribution in [2.45, 2.75) is 40.2 Å². The second-order valence-electron chi connectivity index (χ2n) is 8.62. The van der Waals surface area contributed by atoms with Gasteiger partial charge in [-0.2, -0.15) is 0 Å². The van der Waals surface area contributed by atoms with Crippen LogP contribution in [0.1, 0.15) is 39.2 Å². The quantitative estimate of drug-likeness (QED) is 0.807. The van der Waals surface area contributed by atoms with E-state index >= 15 is 0 Å². The number of benzene rings is 1. The molecule has 1 aromatic carbocycles. The Morgan fingerprint density at radius 3 is 2.57 bits per heavy atom. The smallest absolute Gasteiger partial charge is 0.227 e. The molecule has 0 spiro atoms. The molecule has 0 radical (unpaired) electrons. The van der Waals surface area contributed by atoms with Gasteiger partial charge in [-0.05, 0) is 42.7 Å². The lowest BCUT2D eigenvalue weighted by molar-refractivity contribution is -0.142. The van der Waals surface area contributed by atoms with Crippen molar-refractivity contribution in [3.05, 3.63) is 54.0 Å². The normalized spacial score (nSPS) is 16.8. The van der Waals surface area contributed by atoms with Gasteiger partial charge in [0.1, 0.15) is 11.6 Å². The van der Waals surface area contributed by atoms with Crippen LogP contribution in [0.5, 0.6) is 11.6 Å². The lowest BCUT2D eigenvalue weighted by Crippen LogP contribution is -2.48. The zero-order valence-corrected chi connectivity index (χ0v) is 17.7. The number of aromatic nitrogens is 1. The van der Waals surface area contributed by atoms with Crippen molar-refractivity contribution in [1.29, 1.82) is 0 Å². The number of nitrogens with zero attached hydrogens (tertiary/aromatic N) is 2. The molecule has 7 heteroatoms. The van der Waals surface area contributed by atoms with Crippen molar-refractivity contribution in [3.8, 4) is 11.6 Å². The molecule has 3 rings (SSSR count). The Morgan fingerprint density at radius 2 is 1.93 bits per heavy atom. The predicted octanol–water partition coefficient (Wildman–Crippen LogP) is 3.91. The van der Waals surface area contributed by atoms with E-state index in [9.17, 15) is 14.0 Å². The Labute approximate surface area is 176 Å². The number of halogens is 1. The summed E-state index contributed by atoms with van der Waals surface area (Å²) in [5, 5.41) is 2.94. The number of carbonyl (C=O) groups is 2. The van der Waals surface area contributed by atoms with E-state index in [1.165, 1.54) is 24.3 Å². The molecule has 2 aromatic rings. The average Bonchev–Trinajstić information content (AvgIpc) is 2.73. The summed E-state index contributed by atoms with van der Waals surface area (Å²) in [4.78, 5) is 31.1. The second-order valence-corrected chi connectivity index (χ2v) is 8.62. The fourth-order valence-electron chi connectivity index (χ4n) is 3.38. The molecule has 1 aromatic heterocycles. The van der Waals surface area contributed by atoms with Crippen LogP contribution in [-0.4, -0.2) is 34.8 Å². The van der Waals surface area contributed by atoms with Gasteiger partial charge in [-0.25, -0.2) is 9.37 Å². The SMILES string of the molecule is CC(C)(C)C(=O)N1CCCC(C(=O)NCc2ccc(Oc3ccc(F)cc3)nc2)C1. The molecule has 6 nitrogen and oxygen atoms in total. The molecular formula is C23H28FN3O3. The minimum atomic E-state index is -0.443. The van der Waals surface area contributed by atoms with Gasteiger partial charge in [-0.1, -0.05) is 26.8 Å². The Hall–Kier alpha value is -2.96. The van der Waals surface area contributed by atoms with Crippen LogP contribution in [0.4, 0.5) is 4.39 Å². The number of hydrogen-bond acceptors (Lipinski definition) is 4. The van der Waals surface area contributed by atoms with Gasteiger partial charge in [0.15, 0.2) is 0 Å². The zero-order valence-electron chi connectivity index (χ0n) is 17.7. The number of rotatable bonds is 5. The van der Waals surface area contributed by atoms with Crippen LogP contribution in [0.15, 0.2) is 42.6 Å². The maximum Gasteiger partial charge on any atom is 0.227 e.